The summed E-state index contributed by atoms with van der Waals surface area (Å²) < 4.78 is 9.37. The van der Waals surface area contributed by atoms with Gasteiger partial charge in [-0.25, -0.2) is 19.0 Å². The van der Waals surface area contributed by atoms with Gasteiger partial charge < -0.3 is 24.8 Å². The maximum atomic E-state index is 13.3. The SMILES string of the molecule is COc1ccc(C(CNc2nn(C)c(=O)n(CCn3nc(N(C)CCN(C)C)c(=O)n(C)c3=O)c2=O)N(C)C)cc1. The fraction of sp³-hybridized carbons (Fsp3) is 0.538. The van der Waals surface area contributed by atoms with Crippen LogP contribution < -0.4 is 37.5 Å². The average Bonchev–Trinajstić information content (AvgIpc) is 2.94. The molecule has 0 spiro atoms. The van der Waals surface area contributed by atoms with E-state index in [0.29, 0.717) is 19.6 Å². The molecule has 0 aliphatic carbocycles. The number of benzene rings is 1. The summed E-state index contributed by atoms with van der Waals surface area (Å²) >= 11 is 0. The Morgan fingerprint density at radius 2 is 1.54 bits per heavy atom. The van der Waals surface area contributed by atoms with Crippen LogP contribution in [-0.2, 0) is 27.2 Å². The Bertz CT molecular complexity index is 1570. The Hall–Kier alpha value is -4.24. The Morgan fingerprint density at radius 1 is 0.878 bits per heavy atom. The van der Waals surface area contributed by atoms with Crippen molar-refractivity contribution in [1.82, 2.24) is 38.5 Å². The van der Waals surface area contributed by atoms with E-state index in [1.54, 1.807) is 19.1 Å². The topological polar surface area (TPSA) is 145 Å². The number of nitrogens with one attached hydrogen (secondary N) is 1. The van der Waals surface area contributed by atoms with Gasteiger partial charge in [-0.2, -0.15) is 0 Å². The maximum Gasteiger partial charge on any atom is 0.347 e. The van der Waals surface area contributed by atoms with Gasteiger partial charge >= 0.3 is 11.4 Å². The van der Waals surface area contributed by atoms with Gasteiger partial charge in [-0.3, -0.25) is 18.7 Å². The van der Waals surface area contributed by atoms with E-state index in [-0.39, 0.29) is 30.8 Å². The molecular formula is C26H40N10O5. The maximum absolute atomic E-state index is 13.3. The number of methoxy groups -OCH3 is 1. The van der Waals surface area contributed by atoms with Crippen LogP contribution in [-0.4, -0.2) is 100 Å². The van der Waals surface area contributed by atoms with E-state index in [1.165, 1.54) is 14.1 Å². The number of hydrogen-bond donors (Lipinski definition) is 1. The highest BCUT2D eigenvalue weighted by Crippen LogP contribution is 2.21. The Kier molecular flexibility index (Phi) is 10.2. The van der Waals surface area contributed by atoms with Crippen LogP contribution in [0.15, 0.2) is 43.4 Å². The van der Waals surface area contributed by atoms with E-state index >= 15 is 0 Å². The molecule has 224 valence electrons. The van der Waals surface area contributed by atoms with Crippen molar-refractivity contribution >= 4 is 11.6 Å². The fourth-order valence-corrected chi connectivity index (χ4v) is 4.20. The van der Waals surface area contributed by atoms with Crippen molar-refractivity contribution in [3.63, 3.8) is 0 Å². The molecule has 1 aromatic carbocycles. The van der Waals surface area contributed by atoms with Gasteiger partial charge in [-0.05, 0) is 45.9 Å². The molecule has 3 aromatic rings. The first-order chi connectivity index (χ1) is 19.3. The molecule has 2 heterocycles. The molecule has 1 atom stereocenters. The Morgan fingerprint density at radius 3 is 2.12 bits per heavy atom. The molecule has 41 heavy (non-hydrogen) atoms. The molecule has 0 aliphatic heterocycles. The number of aryl methyl sites for hydroxylation is 2. The molecule has 0 aliphatic rings. The summed E-state index contributed by atoms with van der Waals surface area (Å²) in [5.74, 6) is 0.832. The molecule has 1 unspecified atom stereocenters. The lowest BCUT2D eigenvalue weighted by Gasteiger charge is -2.25. The molecule has 1 N–H and O–H groups in total. The smallest absolute Gasteiger partial charge is 0.347 e. The summed E-state index contributed by atoms with van der Waals surface area (Å²) in [4.78, 5) is 57.3. The average molecular weight is 573 g/mol. The zero-order valence-corrected chi connectivity index (χ0v) is 25.0. The summed E-state index contributed by atoms with van der Waals surface area (Å²) in [5, 5.41) is 11.5. The highest BCUT2D eigenvalue weighted by atomic mass is 16.5. The second-order valence-corrected chi connectivity index (χ2v) is 10.3. The van der Waals surface area contributed by atoms with Crippen molar-refractivity contribution in [2.75, 3.05) is 72.2 Å². The van der Waals surface area contributed by atoms with E-state index < -0.39 is 22.5 Å². The van der Waals surface area contributed by atoms with Crippen molar-refractivity contribution in [2.45, 2.75) is 19.1 Å². The predicted molar refractivity (Wildman–Crippen MR) is 157 cm³/mol. The number of nitrogens with zero attached hydrogens (tertiary/aromatic N) is 9. The van der Waals surface area contributed by atoms with Crippen LogP contribution in [0.25, 0.3) is 0 Å². The van der Waals surface area contributed by atoms with Crippen LogP contribution >= 0.6 is 0 Å². The van der Waals surface area contributed by atoms with E-state index in [2.05, 4.69) is 15.5 Å². The molecule has 15 nitrogen and oxygen atoms in total. The number of likely N-dealkylation sites (N-methyl/N-ethyl adjacent to an activating group) is 3. The van der Waals surface area contributed by atoms with Gasteiger partial charge in [-0.1, -0.05) is 12.1 Å². The van der Waals surface area contributed by atoms with E-state index in [9.17, 15) is 19.2 Å². The highest BCUT2D eigenvalue weighted by molar-refractivity contribution is 5.34. The minimum atomic E-state index is -0.648. The summed E-state index contributed by atoms with van der Waals surface area (Å²) in [6, 6.07) is 7.52. The summed E-state index contributed by atoms with van der Waals surface area (Å²) in [5.41, 5.74) is -1.43. The molecular weight excluding hydrogens is 532 g/mol. The van der Waals surface area contributed by atoms with Crippen LogP contribution in [0.1, 0.15) is 11.6 Å². The lowest BCUT2D eigenvalue weighted by Crippen LogP contribution is -2.46. The molecule has 0 fully saturated rings. The van der Waals surface area contributed by atoms with Crippen molar-refractivity contribution in [1.29, 1.82) is 0 Å². The van der Waals surface area contributed by atoms with Crippen molar-refractivity contribution in [3.8, 4) is 5.75 Å². The summed E-state index contributed by atoms with van der Waals surface area (Å²) in [6.45, 7) is 1.27. The van der Waals surface area contributed by atoms with Crippen LogP contribution in [0, 0.1) is 0 Å². The molecule has 2 aromatic heterocycles. The van der Waals surface area contributed by atoms with Gasteiger partial charge in [0.05, 0.1) is 26.2 Å². The molecule has 0 saturated heterocycles. The van der Waals surface area contributed by atoms with Crippen molar-refractivity contribution < 1.29 is 4.74 Å². The highest BCUT2D eigenvalue weighted by Gasteiger charge is 2.19. The van der Waals surface area contributed by atoms with Gasteiger partial charge in [0, 0.05) is 40.8 Å². The first-order valence-corrected chi connectivity index (χ1v) is 13.1. The zero-order valence-electron chi connectivity index (χ0n) is 25.0. The number of ether oxygens (including phenoxy) is 1. The van der Waals surface area contributed by atoms with E-state index in [4.69, 9.17) is 4.74 Å². The Balaban J connectivity index is 1.87. The molecule has 0 saturated carbocycles. The van der Waals surface area contributed by atoms with Gasteiger partial charge in [0.2, 0.25) is 11.6 Å². The summed E-state index contributed by atoms with van der Waals surface area (Å²) in [6.07, 6.45) is 0. The first kappa shape index (κ1) is 31.3. The molecule has 0 bridgehead atoms. The normalized spacial score (nSPS) is 12.1. The second kappa shape index (κ2) is 13.4. The second-order valence-electron chi connectivity index (χ2n) is 10.3. The third-order valence-corrected chi connectivity index (χ3v) is 6.79. The molecule has 15 heteroatoms. The lowest BCUT2D eigenvalue weighted by molar-refractivity contribution is 0.311. The third kappa shape index (κ3) is 7.29. The number of rotatable bonds is 13. The van der Waals surface area contributed by atoms with Gasteiger partial charge in [0.25, 0.3) is 11.1 Å². The fourth-order valence-electron chi connectivity index (χ4n) is 4.20. The van der Waals surface area contributed by atoms with E-state index in [0.717, 1.165) is 29.8 Å². The zero-order chi connectivity index (χ0) is 30.4. The Labute approximate surface area is 237 Å². The summed E-state index contributed by atoms with van der Waals surface area (Å²) in [7, 11) is 13.8. The largest absolute Gasteiger partial charge is 0.497 e. The third-order valence-electron chi connectivity index (χ3n) is 6.79. The minimum Gasteiger partial charge on any atom is -0.497 e. The quantitative estimate of drug-likeness (QED) is 0.259. The van der Waals surface area contributed by atoms with E-state index in [1.807, 2.05) is 62.3 Å². The van der Waals surface area contributed by atoms with Crippen LogP contribution in [0.3, 0.4) is 0 Å². The molecule has 0 amide bonds. The standard InChI is InChI=1S/C26H40N10O5/c1-30(2)13-14-32(5)22-24(38)33(6)25(39)36(29-22)16-15-35-23(37)21(28-34(7)26(35)40)27-17-20(31(3)4)18-9-11-19(41-8)12-10-18/h9-12,20H,13-17H2,1-8H3,(H,27,28). The number of aromatic nitrogens is 6. The lowest BCUT2D eigenvalue weighted by atomic mass is 10.1. The minimum absolute atomic E-state index is 0.00247. The van der Waals surface area contributed by atoms with Crippen LogP contribution in [0.5, 0.6) is 5.75 Å². The number of hydrogen-bond acceptors (Lipinski definition) is 11. The van der Waals surface area contributed by atoms with Crippen molar-refractivity contribution in [2.24, 2.45) is 14.1 Å². The monoisotopic (exact) mass is 572 g/mol. The predicted octanol–water partition coefficient (Wildman–Crippen LogP) is -1.38. The van der Waals surface area contributed by atoms with Gasteiger partial charge in [0.1, 0.15) is 5.75 Å². The molecule has 0 radical (unpaired) electrons. The molecule has 3 rings (SSSR count). The number of anilines is 2. The van der Waals surface area contributed by atoms with Crippen LogP contribution in [0.4, 0.5) is 11.6 Å². The van der Waals surface area contributed by atoms with Gasteiger partial charge in [-0.15, -0.1) is 10.2 Å². The van der Waals surface area contributed by atoms with Crippen LogP contribution in [0.2, 0.25) is 0 Å². The van der Waals surface area contributed by atoms with Gasteiger partial charge in [0.15, 0.2) is 0 Å². The van der Waals surface area contributed by atoms with Crippen molar-refractivity contribution in [3.05, 3.63) is 71.5 Å². The first-order valence-electron chi connectivity index (χ1n) is 13.1.